The van der Waals surface area contributed by atoms with Gasteiger partial charge < -0.3 is 14.8 Å². The normalized spacial score (nSPS) is 10.7. The highest BCUT2D eigenvalue weighted by Crippen LogP contribution is 2.33. The summed E-state index contributed by atoms with van der Waals surface area (Å²) in [6.07, 6.45) is 0.452. The molecule has 0 aliphatic carbocycles. The molecule has 0 radical (unpaired) electrons. The number of H-pyrrole nitrogens is 1. The minimum absolute atomic E-state index is 0.0359. The molecule has 0 saturated carbocycles. The Kier molecular flexibility index (Phi) is 3.89. The van der Waals surface area contributed by atoms with Crippen molar-refractivity contribution in [3.8, 4) is 17.0 Å². The molecule has 1 aromatic heterocycles. The van der Waals surface area contributed by atoms with Crippen molar-refractivity contribution in [3.63, 3.8) is 0 Å². The molecule has 0 aliphatic rings. The van der Waals surface area contributed by atoms with E-state index < -0.39 is 0 Å². The highest BCUT2D eigenvalue weighted by atomic mass is 35.5. The number of methoxy groups -OCH3 is 1. The van der Waals surface area contributed by atoms with Crippen LogP contribution in [-0.4, -0.2) is 28.8 Å². The van der Waals surface area contributed by atoms with Gasteiger partial charge in [0.1, 0.15) is 22.4 Å². The third kappa shape index (κ3) is 2.49. The molecule has 2 rings (SSSR count). The summed E-state index contributed by atoms with van der Waals surface area (Å²) in [4.78, 5) is 7.35. The molecule has 0 bridgehead atoms. The molecular weight excluding hydrogens is 252 g/mol. The van der Waals surface area contributed by atoms with Gasteiger partial charge in [0.2, 0.25) is 0 Å². The summed E-state index contributed by atoms with van der Waals surface area (Å²) >= 11 is 6.14. The summed E-state index contributed by atoms with van der Waals surface area (Å²) in [5.74, 6) is 1.39. The SMILES string of the molecule is COc1ccc(C)cc1-c1nc(CCO)[nH]c1Cl. The van der Waals surface area contributed by atoms with E-state index in [1.165, 1.54) is 0 Å². The molecule has 96 valence electrons. The number of ether oxygens (including phenoxy) is 1. The average molecular weight is 267 g/mol. The smallest absolute Gasteiger partial charge is 0.134 e. The number of aryl methyl sites for hydroxylation is 1. The van der Waals surface area contributed by atoms with Crippen molar-refractivity contribution in [2.75, 3.05) is 13.7 Å². The third-order valence-corrected chi connectivity index (χ3v) is 2.94. The van der Waals surface area contributed by atoms with Gasteiger partial charge in [-0.15, -0.1) is 0 Å². The van der Waals surface area contributed by atoms with Crippen LogP contribution >= 0.6 is 11.6 Å². The molecule has 4 nitrogen and oxygen atoms in total. The lowest BCUT2D eigenvalue weighted by Gasteiger charge is -2.07. The van der Waals surface area contributed by atoms with Crippen molar-refractivity contribution < 1.29 is 9.84 Å². The molecule has 0 unspecified atom stereocenters. The Labute approximate surface area is 111 Å². The van der Waals surface area contributed by atoms with Crippen molar-refractivity contribution in [1.82, 2.24) is 9.97 Å². The van der Waals surface area contributed by atoms with E-state index in [1.807, 2.05) is 25.1 Å². The summed E-state index contributed by atoms with van der Waals surface area (Å²) in [7, 11) is 1.61. The standard InChI is InChI=1S/C13H15ClN2O2/c1-8-3-4-10(18-2)9(7-8)12-13(14)16-11(15-12)5-6-17/h3-4,7,17H,5-6H2,1-2H3,(H,15,16). The zero-order valence-corrected chi connectivity index (χ0v) is 11.1. The second-order valence-electron chi connectivity index (χ2n) is 4.02. The van der Waals surface area contributed by atoms with Gasteiger partial charge in [-0.1, -0.05) is 23.2 Å². The van der Waals surface area contributed by atoms with Crippen LogP contribution in [0, 0.1) is 6.92 Å². The van der Waals surface area contributed by atoms with Gasteiger partial charge in [-0.25, -0.2) is 4.98 Å². The largest absolute Gasteiger partial charge is 0.496 e. The molecule has 0 amide bonds. The Morgan fingerprint density at radius 3 is 2.89 bits per heavy atom. The maximum atomic E-state index is 8.91. The molecule has 0 aliphatic heterocycles. The summed E-state index contributed by atoms with van der Waals surface area (Å²) in [5, 5.41) is 9.37. The molecule has 2 N–H and O–H groups in total. The maximum Gasteiger partial charge on any atom is 0.134 e. The van der Waals surface area contributed by atoms with Crippen LogP contribution in [0.5, 0.6) is 5.75 Å². The molecule has 0 spiro atoms. The lowest BCUT2D eigenvalue weighted by atomic mass is 10.1. The number of aliphatic hydroxyl groups is 1. The van der Waals surface area contributed by atoms with Crippen LogP contribution < -0.4 is 4.74 Å². The molecule has 2 aromatic rings. The fourth-order valence-corrected chi connectivity index (χ4v) is 2.06. The molecule has 0 atom stereocenters. The van der Waals surface area contributed by atoms with Gasteiger partial charge in [0.15, 0.2) is 0 Å². The van der Waals surface area contributed by atoms with Crippen LogP contribution in [-0.2, 0) is 6.42 Å². The summed E-state index contributed by atoms with van der Waals surface area (Å²) in [6, 6.07) is 5.84. The van der Waals surface area contributed by atoms with Crippen molar-refractivity contribution in [2.45, 2.75) is 13.3 Å². The fourth-order valence-electron chi connectivity index (χ4n) is 1.81. The van der Waals surface area contributed by atoms with E-state index in [1.54, 1.807) is 7.11 Å². The Hall–Kier alpha value is -1.52. The number of nitrogens with one attached hydrogen (secondary N) is 1. The van der Waals surface area contributed by atoms with Crippen molar-refractivity contribution in [2.24, 2.45) is 0 Å². The number of hydrogen-bond donors (Lipinski definition) is 2. The summed E-state index contributed by atoms with van der Waals surface area (Å²) in [6.45, 7) is 2.03. The Morgan fingerprint density at radius 1 is 1.44 bits per heavy atom. The number of aromatic nitrogens is 2. The maximum absolute atomic E-state index is 8.91. The molecule has 0 fully saturated rings. The van der Waals surface area contributed by atoms with E-state index in [4.69, 9.17) is 21.4 Å². The molecule has 18 heavy (non-hydrogen) atoms. The zero-order valence-electron chi connectivity index (χ0n) is 10.3. The van der Waals surface area contributed by atoms with Crippen molar-refractivity contribution in [3.05, 3.63) is 34.7 Å². The Morgan fingerprint density at radius 2 is 2.22 bits per heavy atom. The van der Waals surface area contributed by atoms with Crippen LogP contribution in [0.4, 0.5) is 0 Å². The lowest BCUT2D eigenvalue weighted by molar-refractivity contribution is 0.297. The van der Waals surface area contributed by atoms with Gasteiger partial charge in [0, 0.05) is 12.0 Å². The molecule has 0 saturated heterocycles. The van der Waals surface area contributed by atoms with Crippen LogP contribution in [0.25, 0.3) is 11.3 Å². The highest BCUT2D eigenvalue weighted by molar-refractivity contribution is 6.32. The first-order valence-corrected chi connectivity index (χ1v) is 6.03. The van der Waals surface area contributed by atoms with Crippen LogP contribution in [0.15, 0.2) is 18.2 Å². The predicted molar refractivity (Wildman–Crippen MR) is 71.1 cm³/mol. The Bertz CT molecular complexity index is 552. The molecular formula is C13H15ClN2O2. The number of nitrogens with zero attached hydrogens (tertiary/aromatic N) is 1. The van der Waals surface area contributed by atoms with Gasteiger partial charge in [0.05, 0.1) is 13.7 Å². The first-order valence-electron chi connectivity index (χ1n) is 5.66. The number of rotatable bonds is 4. The van der Waals surface area contributed by atoms with Crippen molar-refractivity contribution >= 4 is 11.6 Å². The van der Waals surface area contributed by atoms with E-state index in [2.05, 4.69) is 9.97 Å². The van der Waals surface area contributed by atoms with E-state index >= 15 is 0 Å². The topological polar surface area (TPSA) is 58.1 Å². The number of benzene rings is 1. The van der Waals surface area contributed by atoms with Crippen molar-refractivity contribution in [1.29, 1.82) is 0 Å². The number of hydrogen-bond acceptors (Lipinski definition) is 3. The molecule has 1 heterocycles. The molecule has 1 aromatic carbocycles. The van der Waals surface area contributed by atoms with Gasteiger partial charge in [-0.3, -0.25) is 0 Å². The molecule has 5 heteroatoms. The Balaban J connectivity index is 2.50. The number of aromatic amines is 1. The number of halogens is 1. The summed E-state index contributed by atoms with van der Waals surface area (Å²) in [5.41, 5.74) is 2.61. The minimum atomic E-state index is 0.0359. The number of aliphatic hydroxyl groups excluding tert-OH is 1. The second-order valence-corrected chi connectivity index (χ2v) is 4.40. The second kappa shape index (κ2) is 5.42. The van der Waals surface area contributed by atoms with Crippen LogP contribution in [0.1, 0.15) is 11.4 Å². The highest BCUT2D eigenvalue weighted by Gasteiger charge is 2.14. The van der Waals surface area contributed by atoms with Gasteiger partial charge >= 0.3 is 0 Å². The van der Waals surface area contributed by atoms with Gasteiger partial charge in [0.25, 0.3) is 0 Å². The first kappa shape index (κ1) is 12.9. The lowest BCUT2D eigenvalue weighted by Crippen LogP contribution is -1.93. The monoisotopic (exact) mass is 266 g/mol. The third-order valence-electron chi connectivity index (χ3n) is 2.67. The first-order chi connectivity index (χ1) is 8.65. The van der Waals surface area contributed by atoms with E-state index in [0.717, 1.165) is 16.9 Å². The number of imidazole rings is 1. The fraction of sp³-hybridized carbons (Fsp3) is 0.308. The average Bonchev–Trinajstić information content (AvgIpc) is 2.70. The quantitative estimate of drug-likeness (QED) is 0.894. The minimum Gasteiger partial charge on any atom is -0.496 e. The zero-order chi connectivity index (χ0) is 13.1. The van der Waals surface area contributed by atoms with E-state index in [-0.39, 0.29) is 6.61 Å². The predicted octanol–water partition coefficient (Wildman–Crippen LogP) is 2.58. The van der Waals surface area contributed by atoms with E-state index in [0.29, 0.717) is 23.1 Å². The van der Waals surface area contributed by atoms with E-state index in [9.17, 15) is 0 Å². The van der Waals surface area contributed by atoms with Crippen LogP contribution in [0.2, 0.25) is 5.15 Å². The van der Waals surface area contributed by atoms with Crippen LogP contribution in [0.3, 0.4) is 0 Å². The summed E-state index contributed by atoms with van der Waals surface area (Å²) < 4.78 is 5.32. The van der Waals surface area contributed by atoms with Gasteiger partial charge in [-0.05, 0) is 19.1 Å². The van der Waals surface area contributed by atoms with Gasteiger partial charge in [-0.2, -0.15) is 0 Å².